The number of epoxide rings is 1. The van der Waals surface area contributed by atoms with Crippen molar-refractivity contribution in [1.29, 1.82) is 0 Å². The van der Waals surface area contributed by atoms with Crippen molar-refractivity contribution >= 4 is 9.84 Å². The molecule has 0 radical (unpaired) electrons. The lowest BCUT2D eigenvalue weighted by atomic mass is 10.5. The fourth-order valence-corrected chi connectivity index (χ4v) is 1.53. The Morgan fingerprint density at radius 1 is 1.80 bits per heavy atom. The first-order valence-electron chi connectivity index (χ1n) is 3.11. The summed E-state index contributed by atoms with van der Waals surface area (Å²) in [6.07, 6.45) is -0.218. The van der Waals surface area contributed by atoms with Crippen molar-refractivity contribution in [3.63, 3.8) is 0 Å². The molecule has 1 saturated heterocycles. The van der Waals surface area contributed by atoms with E-state index in [1.165, 1.54) is 0 Å². The van der Waals surface area contributed by atoms with E-state index in [1.54, 1.807) is 6.92 Å². The third-order valence-electron chi connectivity index (χ3n) is 1.47. The average Bonchev–Trinajstić information content (AvgIpc) is 2.68. The van der Waals surface area contributed by atoms with Crippen LogP contribution in [0.4, 0.5) is 0 Å². The molecule has 1 atom stereocenters. The van der Waals surface area contributed by atoms with Gasteiger partial charge >= 0.3 is 0 Å². The lowest BCUT2D eigenvalue weighted by molar-refractivity contribution is 0.436. The molecule has 3 nitrogen and oxygen atoms in total. The highest BCUT2D eigenvalue weighted by Crippen LogP contribution is 2.22. The third-order valence-corrected chi connectivity index (χ3v) is 3.29. The third kappa shape index (κ3) is 1.38. The first-order valence-corrected chi connectivity index (χ1v) is 4.76. The fourth-order valence-electron chi connectivity index (χ4n) is 0.620. The largest absolute Gasteiger partial charge is 0.367 e. The van der Waals surface area contributed by atoms with Gasteiger partial charge in [-0.15, -0.1) is 0 Å². The highest BCUT2D eigenvalue weighted by atomic mass is 32.2. The van der Waals surface area contributed by atoms with E-state index in [1.807, 2.05) is 0 Å². The van der Waals surface area contributed by atoms with Crippen molar-refractivity contribution in [3.05, 3.63) is 11.5 Å². The van der Waals surface area contributed by atoms with Gasteiger partial charge in [-0.3, -0.25) is 0 Å². The SMILES string of the molecule is C=C([C@@H]1CO1)S(=O)(=O)CC. The molecule has 0 saturated carbocycles. The summed E-state index contributed by atoms with van der Waals surface area (Å²) >= 11 is 0. The molecule has 1 aliphatic rings. The van der Waals surface area contributed by atoms with E-state index >= 15 is 0 Å². The standard InChI is InChI=1S/C6H10O3S/c1-3-10(7,8)5(2)6-4-9-6/h6H,2-4H2,1H3/t6-/m0/s1. The van der Waals surface area contributed by atoms with Crippen molar-refractivity contribution in [2.75, 3.05) is 12.4 Å². The van der Waals surface area contributed by atoms with Crippen LogP contribution < -0.4 is 0 Å². The molecule has 0 spiro atoms. The van der Waals surface area contributed by atoms with Gasteiger partial charge in [-0.2, -0.15) is 0 Å². The zero-order valence-electron chi connectivity index (χ0n) is 5.83. The van der Waals surface area contributed by atoms with Crippen molar-refractivity contribution in [3.8, 4) is 0 Å². The van der Waals surface area contributed by atoms with E-state index in [9.17, 15) is 8.42 Å². The quantitative estimate of drug-likeness (QED) is 0.562. The molecule has 0 unspecified atom stereocenters. The topological polar surface area (TPSA) is 46.7 Å². The first-order chi connectivity index (χ1) is 4.58. The Morgan fingerprint density at radius 3 is 2.60 bits per heavy atom. The highest BCUT2D eigenvalue weighted by Gasteiger charge is 2.32. The molecular formula is C6H10O3S. The molecule has 0 N–H and O–H groups in total. The molecule has 0 aromatic carbocycles. The van der Waals surface area contributed by atoms with Gasteiger partial charge in [0.05, 0.1) is 17.3 Å². The number of hydrogen-bond acceptors (Lipinski definition) is 3. The lowest BCUT2D eigenvalue weighted by Crippen LogP contribution is -2.09. The second-order valence-corrected chi connectivity index (χ2v) is 4.52. The molecule has 4 heteroatoms. The zero-order valence-corrected chi connectivity index (χ0v) is 6.65. The van der Waals surface area contributed by atoms with Crippen LogP contribution in [0.3, 0.4) is 0 Å². The van der Waals surface area contributed by atoms with Crippen LogP contribution in [-0.2, 0) is 14.6 Å². The van der Waals surface area contributed by atoms with Crippen LogP contribution in [0.25, 0.3) is 0 Å². The Kier molecular flexibility index (Phi) is 1.83. The van der Waals surface area contributed by atoms with E-state index < -0.39 is 9.84 Å². The summed E-state index contributed by atoms with van der Waals surface area (Å²) < 4.78 is 26.8. The van der Waals surface area contributed by atoms with E-state index in [2.05, 4.69) is 6.58 Å². The van der Waals surface area contributed by atoms with Crippen LogP contribution in [0.5, 0.6) is 0 Å². The maximum atomic E-state index is 11.0. The van der Waals surface area contributed by atoms with E-state index in [-0.39, 0.29) is 16.8 Å². The average molecular weight is 162 g/mol. The van der Waals surface area contributed by atoms with Gasteiger partial charge in [-0.1, -0.05) is 13.5 Å². The predicted octanol–water partition coefficient (Wildman–Crippen LogP) is 0.334. The Balaban J connectivity index is 2.72. The second kappa shape index (κ2) is 2.36. The minimum atomic E-state index is -3.05. The number of ether oxygens (including phenoxy) is 1. The first kappa shape index (κ1) is 7.75. The van der Waals surface area contributed by atoms with Gasteiger partial charge in [-0.25, -0.2) is 8.42 Å². The van der Waals surface area contributed by atoms with Crippen LogP contribution in [0.1, 0.15) is 6.92 Å². The molecule has 0 bridgehead atoms. The smallest absolute Gasteiger partial charge is 0.176 e. The molecule has 0 aliphatic carbocycles. The molecule has 58 valence electrons. The van der Waals surface area contributed by atoms with Gasteiger partial charge in [-0.05, 0) is 0 Å². The lowest BCUT2D eigenvalue weighted by Gasteiger charge is -1.98. The Labute approximate surface area is 60.6 Å². The molecule has 1 heterocycles. The maximum Gasteiger partial charge on any atom is 0.176 e. The summed E-state index contributed by atoms with van der Waals surface area (Å²) in [5.74, 6) is 0.117. The Hall–Kier alpha value is -0.350. The normalized spacial score (nSPS) is 24.3. The van der Waals surface area contributed by atoms with E-state index in [4.69, 9.17) is 4.74 Å². The Morgan fingerprint density at radius 2 is 2.30 bits per heavy atom. The van der Waals surface area contributed by atoms with Gasteiger partial charge < -0.3 is 4.74 Å². The molecule has 1 fully saturated rings. The van der Waals surface area contributed by atoms with Crippen molar-refractivity contribution in [1.82, 2.24) is 0 Å². The monoisotopic (exact) mass is 162 g/mol. The zero-order chi connectivity index (χ0) is 7.78. The second-order valence-electron chi connectivity index (χ2n) is 2.19. The van der Waals surface area contributed by atoms with Gasteiger partial charge in [0.1, 0.15) is 6.10 Å². The molecule has 1 rings (SSSR count). The molecule has 0 amide bonds. The van der Waals surface area contributed by atoms with E-state index in [0.29, 0.717) is 6.61 Å². The van der Waals surface area contributed by atoms with Gasteiger partial charge in [0.15, 0.2) is 9.84 Å². The maximum absolute atomic E-state index is 11.0. The summed E-state index contributed by atoms with van der Waals surface area (Å²) in [4.78, 5) is 0.231. The highest BCUT2D eigenvalue weighted by molar-refractivity contribution is 7.95. The number of rotatable bonds is 3. The Bertz CT molecular complexity index is 236. The predicted molar refractivity (Wildman–Crippen MR) is 38.3 cm³/mol. The summed E-state index contributed by atoms with van der Waals surface area (Å²) in [5.41, 5.74) is 0. The van der Waals surface area contributed by atoms with Crippen LogP contribution >= 0.6 is 0 Å². The van der Waals surface area contributed by atoms with E-state index in [0.717, 1.165) is 0 Å². The van der Waals surface area contributed by atoms with Gasteiger partial charge in [0.25, 0.3) is 0 Å². The van der Waals surface area contributed by atoms with Crippen molar-refractivity contribution in [2.24, 2.45) is 0 Å². The molecule has 1 aliphatic heterocycles. The van der Waals surface area contributed by atoms with Gasteiger partial charge in [0.2, 0.25) is 0 Å². The van der Waals surface area contributed by atoms with Crippen LogP contribution in [-0.4, -0.2) is 26.9 Å². The van der Waals surface area contributed by atoms with Crippen molar-refractivity contribution < 1.29 is 13.2 Å². The number of hydrogen-bond donors (Lipinski definition) is 0. The molecule has 0 aromatic heterocycles. The molecule has 10 heavy (non-hydrogen) atoms. The van der Waals surface area contributed by atoms with Crippen LogP contribution in [0.2, 0.25) is 0 Å². The summed E-state index contributed by atoms with van der Waals surface area (Å²) in [6, 6.07) is 0. The number of sulfone groups is 1. The fraction of sp³-hybridized carbons (Fsp3) is 0.667. The minimum absolute atomic E-state index is 0.117. The summed E-state index contributed by atoms with van der Waals surface area (Å²) in [5, 5.41) is 0. The molecule has 0 aromatic rings. The van der Waals surface area contributed by atoms with Gasteiger partial charge in [0, 0.05) is 0 Å². The minimum Gasteiger partial charge on any atom is -0.367 e. The van der Waals surface area contributed by atoms with Crippen LogP contribution in [0, 0.1) is 0 Å². The summed E-state index contributed by atoms with van der Waals surface area (Å²) in [6.45, 7) is 5.56. The summed E-state index contributed by atoms with van der Waals surface area (Å²) in [7, 11) is -3.05. The van der Waals surface area contributed by atoms with Crippen LogP contribution in [0.15, 0.2) is 11.5 Å². The molecular weight excluding hydrogens is 152 g/mol. The van der Waals surface area contributed by atoms with Crippen molar-refractivity contribution in [2.45, 2.75) is 13.0 Å².